The summed E-state index contributed by atoms with van der Waals surface area (Å²) in [4.78, 5) is 23.3. The maximum absolute atomic E-state index is 12.1. The molecule has 6 nitrogen and oxygen atoms in total. The molecule has 0 fully saturated rings. The number of anilines is 1. The van der Waals surface area contributed by atoms with Gasteiger partial charge in [0.15, 0.2) is 0 Å². The average Bonchev–Trinajstić information content (AvgIpc) is 2.47. The summed E-state index contributed by atoms with van der Waals surface area (Å²) in [6, 6.07) is 11.7. The summed E-state index contributed by atoms with van der Waals surface area (Å²) in [5.74, 6) is -2.41. The number of nitrogen functional groups attached to an aromatic ring is 1. The van der Waals surface area contributed by atoms with Crippen LogP contribution in [0, 0.1) is 0 Å². The third-order valence-corrected chi connectivity index (χ3v) is 3.14. The first-order valence-electron chi connectivity index (χ1n) is 6.61. The summed E-state index contributed by atoms with van der Waals surface area (Å²) in [5, 5.41) is 23.2. The summed E-state index contributed by atoms with van der Waals surface area (Å²) in [6.45, 7) is 0. The number of amides is 1. The molecule has 2 aromatic rings. The van der Waals surface area contributed by atoms with E-state index >= 15 is 0 Å². The molecule has 4 N–H and O–H groups in total. The second kappa shape index (κ2) is 8.57. The van der Waals surface area contributed by atoms with Crippen molar-refractivity contribution in [1.82, 2.24) is 5.32 Å². The van der Waals surface area contributed by atoms with Gasteiger partial charge in [-0.25, -0.2) is 0 Å². The molecule has 23 heavy (non-hydrogen) atoms. The molecule has 0 spiro atoms. The van der Waals surface area contributed by atoms with Crippen LogP contribution in [0.1, 0.15) is 15.9 Å². The number of aromatic hydroxyl groups is 1. The van der Waals surface area contributed by atoms with Gasteiger partial charge in [0.05, 0.1) is 17.6 Å². The van der Waals surface area contributed by atoms with E-state index in [9.17, 15) is 19.8 Å². The molecule has 7 heteroatoms. The van der Waals surface area contributed by atoms with Crippen LogP contribution in [0.25, 0.3) is 0 Å². The van der Waals surface area contributed by atoms with E-state index in [1.807, 2.05) is 6.07 Å². The van der Waals surface area contributed by atoms with Gasteiger partial charge in [-0.1, -0.05) is 30.3 Å². The number of phenolic OH excluding ortho intramolecular Hbond substituents is 1. The smallest absolute Gasteiger partial charge is 0.548 e. The number of aliphatic carboxylic acids is 1. The number of carbonyl (C=O) groups excluding carboxylic acids is 2. The summed E-state index contributed by atoms with van der Waals surface area (Å²) >= 11 is 0. The van der Waals surface area contributed by atoms with Gasteiger partial charge in [-0.2, -0.15) is 0 Å². The molecule has 2 rings (SSSR count). The maximum atomic E-state index is 12.1. The van der Waals surface area contributed by atoms with Crippen LogP contribution in [0.5, 0.6) is 5.75 Å². The molecule has 0 saturated heterocycles. The Hall–Kier alpha value is -2.02. The molecule has 0 heterocycles. The van der Waals surface area contributed by atoms with Crippen LogP contribution in [-0.4, -0.2) is 23.0 Å². The van der Waals surface area contributed by atoms with Crippen LogP contribution >= 0.6 is 0 Å². The van der Waals surface area contributed by atoms with Crippen molar-refractivity contribution in [2.45, 2.75) is 12.5 Å². The number of phenols is 1. The van der Waals surface area contributed by atoms with Gasteiger partial charge >= 0.3 is 29.6 Å². The van der Waals surface area contributed by atoms with Crippen molar-refractivity contribution >= 4 is 17.6 Å². The third kappa shape index (κ3) is 5.28. The fourth-order valence-electron chi connectivity index (χ4n) is 2.02. The minimum Gasteiger partial charge on any atom is -0.548 e. The van der Waals surface area contributed by atoms with Crippen molar-refractivity contribution in [3.05, 3.63) is 59.7 Å². The molecular weight excluding hydrogens is 307 g/mol. The van der Waals surface area contributed by atoms with E-state index < -0.39 is 17.9 Å². The van der Waals surface area contributed by atoms with Crippen LogP contribution in [0.3, 0.4) is 0 Å². The first kappa shape index (κ1) is 19.0. The molecule has 1 amide bonds. The Morgan fingerprint density at radius 3 is 2.39 bits per heavy atom. The number of nitrogens with two attached hydrogens (primary N) is 1. The van der Waals surface area contributed by atoms with Crippen molar-refractivity contribution in [3.8, 4) is 5.75 Å². The first-order valence-corrected chi connectivity index (χ1v) is 6.61. The molecule has 0 aliphatic carbocycles. The van der Waals surface area contributed by atoms with Crippen molar-refractivity contribution in [1.29, 1.82) is 0 Å². The molecule has 0 radical (unpaired) electrons. The molecule has 114 valence electrons. The second-order valence-corrected chi connectivity index (χ2v) is 4.81. The number of nitrogens with one attached hydrogen (secondary N) is 1. The number of rotatable bonds is 5. The van der Waals surface area contributed by atoms with Gasteiger partial charge in [0.1, 0.15) is 5.75 Å². The SMILES string of the molecule is Nc1ccc(C(=O)N[C@H](Cc2ccccc2)C(=O)[O-])c(O)c1.[Na+]. The molecule has 1 atom stereocenters. The Bertz CT molecular complexity index is 692. The quantitative estimate of drug-likeness (QED) is 0.403. The largest absolute Gasteiger partial charge is 1.00 e. The van der Waals surface area contributed by atoms with Gasteiger partial charge < -0.3 is 26.1 Å². The topological polar surface area (TPSA) is 115 Å². The normalized spacial score (nSPS) is 11.1. The summed E-state index contributed by atoms with van der Waals surface area (Å²) in [6.07, 6.45) is 0.0879. The van der Waals surface area contributed by atoms with Gasteiger partial charge in [-0.05, 0) is 24.1 Å². The molecule has 0 bridgehead atoms. The fraction of sp³-hybridized carbons (Fsp3) is 0.125. The van der Waals surface area contributed by atoms with Crippen LogP contribution in [0.2, 0.25) is 0 Å². The van der Waals surface area contributed by atoms with Gasteiger partial charge in [0, 0.05) is 11.8 Å². The fourth-order valence-corrected chi connectivity index (χ4v) is 2.02. The average molecular weight is 322 g/mol. The molecule has 0 saturated carbocycles. The van der Waals surface area contributed by atoms with Crippen molar-refractivity contribution in [2.24, 2.45) is 0 Å². The number of carbonyl (C=O) groups is 2. The van der Waals surface area contributed by atoms with Crippen LogP contribution < -0.4 is 45.7 Å². The van der Waals surface area contributed by atoms with Crippen LogP contribution in [0.4, 0.5) is 5.69 Å². The zero-order valence-electron chi connectivity index (χ0n) is 12.7. The predicted octanol–water partition coefficient (Wildman–Crippen LogP) is -2.93. The Balaban J connectivity index is 0.00000264. The first-order chi connectivity index (χ1) is 10.5. The van der Waals surface area contributed by atoms with Gasteiger partial charge in [-0.15, -0.1) is 0 Å². The molecule has 0 aliphatic rings. The standard InChI is InChI=1S/C16H16N2O4.Na/c17-11-6-7-12(14(19)9-11)15(20)18-13(16(21)22)8-10-4-2-1-3-5-10;/h1-7,9,13,19H,8,17H2,(H,18,20)(H,21,22);/q;+1/p-1/t13-;/m1./s1. The van der Waals surface area contributed by atoms with Gasteiger partial charge in [0.25, 0.3) is 5.91 Å². The summed E-state index contributed by atoms with van der Waals surface area (Å²) in [5.41, 5.74) is 6.49. The Labute approximate surface area is 155 Å². The Morgan fingerprint density at radius 2 is 1.83 bits per heavy atom. The van der Waals surface area contributed by atoms with Crippen molar-refractivity contribution in [2.75, 3.05) is 5.73 Å². The van der Waals surface area contributed by atoms with E-state index in [1.54, 1.807) is 24.3 Å². The number of hydrogen-bond donors (Lipinski definition) is 3. The number of carboxylic acid groups (broad SMARTS) is 1. The van der Waals surface area contributed by atoms with E-state index in [-0.39, 0.29) is 47.3 Å². The van der Waals surface area contributed by atoms with E-state index in [4.69, 9.17) is 5.73 Å². The maximum Gasteiger partial charge on any atom is 1.00 e. The Kier molecular flexibility index (Phi) is 7.09. The van der Waals surface area contributed by atoms with E-state index in [1.165, 1.54) is 18.2 Å². The van der Waals surface area contributed by atoms with Crippen LogP contribution in [0.15, 0.2) is 48.5 Å². The number of hydrogen-bond acceptors (Lipinski definition) is 5. The molecular formula is C16H15N2NaO4. The minimum atomic E-state index is -1.40. The molecule has 0 aliphatic heterocycles. The minimum absolute atomic E-state index is 0. The molecule has 0 unspecified atom stereocenters. The third-order valence-electron chi connectivity index (χ3n) is 3.14. The molecule has 2 aromatic carbocycles. The number of benzene rings is 2. The second-order valence-electron chi connectivity index (χ2n) is 4.81. The Morgan fingerprint density at radius 1 is 1.17 bits per heavy atom. The predicted molar refractivity (Wildman–Crippen MR) is 78.9 cm³/mol. The van der Waals surface area contributed by atoms with Gasteiger partial charge in [-0.3, -0.25) is 4.79 Å². The van der Waals surface area contributed by atoms with E-state index in [0.717, 1.165) is 5.56 Å². The summed E-state index contributed by atoms with van der Waals surface area (Å²) < 4.78 is 0. The molecule has 0 aromatic heterocycles. The zero-order valence-corrected chi connectivity index (χ0v) is 14.7. The zero-order chi connectivity index (χ0) is 16.1. The van der Waals surface area contributed by atoms with E-state index in [2.05, 4.69) is 5.32 Å². The van der Waals surface area contributed by atoms with Crippen molar-refractivity contribution < 1.29 is 49.4 Å². The number of carboxylic acids is 1. The van der Waals surface area contributed by atoms with Gasteiger partial charge in [0.2, 0.25) is 0 Å². The summed E-state index contributed by atoms with van der Waals surface area (Å²) in [7, 11) is 0. The van der Waals surface area contributed by atoms with E-state index in [0.29, 0.717) is 5.69 Å². The monoisotopic (exact) mass is 322 g/mol. The van der Waals surface area contributed by atoms with Crippen molar-refractivity contribution in [3.63, 3.8) is 0 Å². The van der Waals surface area contributed by atoms with Crippen LogP contribution in [-0.2, 0) is 11.2 Å².